The van der Waals surface area contributed by atoms with Gasteiger partial charge in [0.25, 0.3) is 5.70 Å². The van der Waals surface area contributed by atoms with Gasteiger partial charge in [0.05, 0.1) is 4.92 Å². The molecule has 18 heavy (non-hydrogen) atoms. The molecule has 0 amide bonds. The Kier molecular flexibility index (Phi) is 3.72. The quantitative estimate of drug-likeness (QED) is 0.601. The highest BCUT2D eigenvalue weighted by Crippen LogP contribution is 2.17. The minimum atomic E-state index is -0.312. The molecule has 0 aliphatic carbocycles. The molecule has 1 aliphatic heterocycles. The van der Waals surface area contributed by atoms with Crippen LogP contribution in [0.25, 0.3) is 0 Å². The van der Waals surface area contributed by atoms with Crippen LogP contribution in [-0.2, 0) is 6.42 Å². The van der Waals surface area contributed by atoms with Crippen LogP contribution < -0.4 is 0 Å². The van der Waals surface area contributed by atoms with E-state index < -0.39 is 0 Å². The zero-order valence-corrected chi connectivity index (χ0v) is 10.2. The average Bonchev–Trinajstić information content (AvgIpc) is 2.38. The first-order valence-corrected chi connectivity index (χ1v) is 5.86. The highest BCUT2D eigenvalue weighted by Gasteiger charge is 2.26. The van der Waals surface area contributed by atoms with Crippen molar-refractivity contribution in [3.8, 4) is 0 Å². The fourth-order valence-corrected chi connectivity index (χ4v) is 1.98. The van der Waals surface area contributed by atoms with Crippen LogP contribution in [0.1, 0.15) is 12.5 Å². The predicted molar refractivity (Wildman–Crippen MR) is 68.3 cm³/mol. The Hall–Kier alpha value is -2.17. The molecule has 1 atom stereocenters. The van der Waals surface area contributed by atoms with Crippen LogP contribution >= 0.6 is 0 Å². The summed E-state index contributed by atoms with van der Waals surface area (Å²) in [5, 5.41) is 10.9. The second-order valence-electron chi connectivity index (χ2n) is 4.21. The highest BCUT2D eigenvalue weighted by molar-refractivity contribution is 5.18. The second-order valence-corrected chi connectivity index (χ2v) is 4.21. The summed E-state index contributed by atoms with van der Waals surface area (Å²) in [6, 6.07) is 3.73. The molecule has 5 heteroatoms. The van der Waals surface area contributed by atoms with Crippen molar-refractivity contribution in [1.29, 1.82) is 0 Å². The van der Waals surface area contributed by atoms with Crippen molar-refractivity contribution in [2.24, 2.45) is 0 Å². The maximum Gasteiger partial charge on any atom is 0.268 e. The maximum absolute atomic E-state index is 10.9. The van der Waals surface area contributed by atoms with E-state index in [0.717, 1.165) is 13.0 Å². The summed E-state index contributed by atoms with van der Waals surface area (Å²) in [5.74, 6) is 0. The van der Waals surface area contributed by atoms with Crippen LogP contribution in [0.15, 0.2) is 48.6 Å². The Balaban J connectivity index is 1.97. The van der Waals surface area contributed by atoms with Gasteiger partial charge in [0.15, 0.2) is 0 Å². The zero-order chi connectivity index (χ0) is 13.0. The van der Waals surface area contributed by atoms with Crippen molar-refractivity contribution in [2.75, 3.05) is 6.54 Å². The standard InChI is InChI=1S/C13H15N3O2/c1-11-13(16(17)18)3-2-9-15(11)10-6-12-4-7-14-8-5-12/h2-5,7-9,11H,6,10H2,1H3. The van der Waals surface area contributed by atoms with E-state index in [0.29, 0.717) is 0 Å². The summed E-state index contributed by atoms with van der Waals surface area (Å²) < 4.78 is 0. The summed E-state index contributed by atoms with van der Waals surface area (Å²) in [6.45, 7) is 2.61. The van der Waals surface area contributed by atoms with Gasteiger partial charge in [-0.15, -0.1) is 0 Å². The van der Waals surface area contributed by atoms with Crippen LogP contribution in [0, 0.1) is 10.1 Å². The van der Waals surface area contributed by atoms with Gasteiger partial charge in [-0.05, 0) is 37.1 Å². The number of hydrogen-bond donors (Lipinski definition) is 0. The largest absolute Gasteiger partial charge is 0.364 e. The van der Waals surface area contributed by atoms with E-state index >= 15 is 0 Å². The van der Waals surface area contributed by atoms with Gasteiger partial charge in [-0.2, -0.15) is 0 Å². The van der Waals surface area contributed by atoms with Gasteiger partial charge in [-0.1, -0.05) is 0 Å². The highest BCUT2D eigenvalue weighted by atomic mass is 16.6. The first-order valence-electron chi connectivity index (χ1n) is 5.86. The normalized spacial score (nSPS) is 18.6. The van der Waals surface area contributed by atoms with Gasteiger partial charge in [-0.25, -0.2) is 0 Å². The van der Waals surface area contributed by atoms with E-state index in [2.05, 4.69) is 4.98 Å². The van der Waals surface area contributed by atoms with Crippen LogP contribution in [0.2, 0.25) is 0 Å². The second kappa shape index (κ2) is 5.44. The predicted octanol–water partition coefficient (Wildman–Crippen LogP) is 2.00. The van der Waals surface area contributed by atoms with Crippen molar-refractivity contribution >= 4 is 0 Å². The third kappa shape index (κ3) is 2.74. The third-order valence-electron chi connectivity index (χ3n) is 3.09. The van der Waals surface area contributed by atoms with Crippen LogP contribution in [0.3, 0.4) is 0 Å². The lowest BCUT2D eigenvalue weighted by Crippen LogP contribution is -2.35. The summed E-state index contributed by atoms with van der Waals surface area (Å²) in [6.07, 6.45) is 9.56. The fraction of sp³-hybridized carbons (Fsp3) is 0.308. The Morgan fingerprint density at radius 3 is 2.83 bits per heavy atom. The van der Waals surface area contributed by atoms with Crippen LogP contribution in [0.5, 0.6) is 0 Å². The van der Waals surface area contributed by atoms with Gasteiger partial charge < -0.3 is 4.90 Å². The fourth-order valence-electron chi connectivity index (χ4n) is 1.98. The average molecular weight is 245 g/mol. The lowest BCUT2D eigenvalue weighted by atomic mass is 10.1. The van der Waals surface area contributed by atoms with E-state index in [-0.39, 0.29) is 16.7 Å². The molecule has 2 heterocycles. The lowest BCUT2D eigenvalue weighted by Gasteiger charge is -2.27. The molecule has 1 aliphatic rings. The number of aromatic nitrogens is 1. The molecular weight excluding hydrogens is 230 g/mol. The molecule has 0 radical (unpaired) electrons. The minimum Gasteiger partial charge on any atom is -0.364 e. The summed E-state index contributed by atoms with van der Waals surface area (Å²) >= 11 is 0. The molecular formula is C13H15N3O2. The molecule has 5 nitrogen and oxygen atoms in total. The summed E-state index contributed by atoms with van der Waals surface area (Å²) in [5.41, 5.74) is 1.43. The first-order chi connectivity index (χ1) is 8.68. The van der Waals surface area contributed by atoms with Crippen molar-refractivity contribution in [2.45, 2.75) is 19.4 Å². The monoisotopic (exact) mass is 245 g/mol. The van der Waals surface area contributed by atoms with Crippen LogP contribution in [-0.4, -0.2) is 27.4 Å². The van der Waals surface area contributed by atoms with Crippen LogP contribution in [0.4, 0.5) is 0 Å². The first kappa shape index (κ1) is 12.3. The zero-order valence-electron chi connectivity index (χ0n) is 10.2. The molecule has 0 bridgehead atoms. The Morgan fingerprint density at radius 1 is 1.44 bits per heavy atom. The maximum atomic E-state index is 10.9. The Bertz CT molecular complexity index is 482. The molecule has 0 aromatic carbocycles. The van der Waals surface area contributed by atoms with Gasteiger partial charge in [0.2, 0.25) is 0 Å². The molecule has 2 rings (SSSR count). The SMILES string of the molecule is CC1C([N+](=O)[O-])=CC=CN1CCc1ccncc1. The molecule has 0 fully saturated rings. The van der Waals surface area contributed by atoms with E-state index in [4.69, 9.17) is 0 Å². The lowest BCUT2D eigenvalue weighted by molar-refractivity contribution is -0.432. The van der Waals surface area contributed by atoms with Crippen molar-refractivity contribution in [3.05, 3.63) is 64.3 Å². The van der Waals surface area contributed by atoms with E-state index in [1.807, 2.05) is 30.2 Å². The molecule has 0 saturated heterocycles. The van der Waals surface area contributed by atoms with E-state index in [1.54, 1.807) is 24.5 Å². The van der Waals surface area contributed by atoms with Crippen molar-refractivity contribution < 1.29 is 4.92 Å². The topological polar surface area (TPSA) is 59.3 Å². The van der Waals surface area contributed by atoms with Gasteiger partial charge in [0, 0.05) is 31.2 Å². The molecule has 0 spiro atoms. The Labute approximate surface area is 106 Å². The molecule has 1 unspecified atom stereocenters. The molecule has 0 saturated carbocycles. The Morgan fingerprint density at radius 2 is 2.17 bits per heavy atom. The third-order valence-corrected chi connectivity index (χ3v) is 3.09. The number of nitrogens with zero attached hydrogens (tertiary/aromatic N) is 3. The minimum absolute atomic E-state index is 0.188. The van der Waals surface area contributed by atoms with Gasteiger partial charge in [-0.3, -0.25) is 15.1 Å². The number of rotatable bonds is 4. The van der Waals surface area contributed by atoms with Crippen molar-refractivity contribution in [3.63, 3.8) is 0 Å². The smallest absolute Gasteiger partial charge is 0.268 e. The molecule has 94 valence electrons. The number of pyridine rings is 1. The van der Waals surface area contributed by atoms with E-state index in [9.17, 15) is 10.1 Å². The summed E-state index contributed by atoms with van der Waals surface area (Å²) in [7, 11) is 0. The van der Waals surface area contributed by atoms with Gasteiger partial charge >= 0.3 is 0 Å². The summed E-state index contributed by atoms with van der Waals surface area (Å²) in [4.78, 5) is 16.5. The molecule has 1 aromatic heterocycles. The number of nitro groups is 1. The molecule has 0 N–H and O–H groups in total. The number of allylic oxidation sites excluding steroid dienone is 2. The number of hydrogen-bond acceptors (Lipinski definition) is 4. The van der Waals surface area contributed by atoms with E-state index in [1.165, 1.54) is 5.56 Å². The molecule has 1 aromatic rings. The van der Waals surface area contributed by atoms with Gasteiger partial charge in [0.1, 0.15) is 6.04 Å². The van der Waals surface area contributed by atoms with Crippen molar-refractivity contribution in [1.82, 2.24) is 9.88 Å².